The molecule has 0 spiro atoms. The highest BCUT2D eigenvalue weighted by molar-refractivity contribution is 5.78. The van der Waals surface area contributed by atoms with Gasteiger partial charge in [-0.2, -0.15) is 0 Å². The van der Waals surface area contributed by atoms with Crippen molar-refractivity contribution < 1.29 is 14.4 Å². The van der Waals surface area contributed by atoms with Crippen LogP contribution in [0.1, 0.15) is 11.5 Å². The molecule has 3 aromatic heterocycles. The maximum absolute atomic E-state index is 11.0. The van der Waals surface area contributed by atoms with E-state index < -0.39 is 4.92 Å². The molecule has 8 nitrogen and oxygen atoms in total. The molecule has 3 heterocycles. The lowest BCUT2D eigenvalue weighted by atomic mass is 10.1. The second kappa shape index (κ2) is 7.42. The summed E-state index contributed by atoms with van der Waals surface area (Å²) in [6.45, 7) is 0. The van der Waals surface area contributed by atoms with Gasteiger partial charge in [-0.25, -0.2) is 9.97 Å². The third-order valence-electron chi connectivity index (χ3n) is 4.99. The largest absolute Gasteiger partial charge is 0.493 e. The van der Waals surface area contributed by atoms with Gasteiger partial charge in [-0.3, -0.25) is 14.5 Å². The van der Waals surface area contributed by atoms with Crippen LogP contribution in [0, 0.1) is 10.1 Å². The van der Waals surface area contributed by atoms with Gasteiger partial charge in [0.05, 0.1) is 23.3 Å². The summed E-state index contributed by atoms with van der Waals surface area (Å²) in [6, 6.07) is 19.3. The van der Waals surface area contributed by atoms with E-state index in [1.165, 1.54) is 12.1 Å². The first kappa shape index (κ1) is 18.6. The molecule has 0 radical (unpaired) electrons. The zero-order valence-electron chi connectivity index (χ0n) is 16.2. The molecule has 0 aliphatic carbocycles. The summed E-state index contributed by atoms with van der Waals surface area (Å²) in [7, 11) is 0. The molecule has 5 rings (SSSR count). The molecule has 0 amide bonds. The molecule has 0 atom stereocenters. The van der Waals surface area contributed by atoms with E-state index in [1.807, 2.05) is 36.4 Å². The first-order chi connectivity index (χ1) is 15.1. The molecule has 152 valence electrons. The Balaban J connectivity index is 1.72. The van der Waals surface area contributed by atoms with Crippen LogP contribution in [-0.4, -0.2) is 24.4 Å². The highest BCUT2D eigenvalue weighted by Crippen LogP contribution is 2.32. The number of nitro groups is 1. The number of benzene rings is 2. The Kier molecular flexibility index (Phi) is 4.44. The van der Waals surface area contributed by atoms with E-state index in [2.05, 4.69) is 4.98 Å². The van der Waals surface area contributed by atoms with Crippen molar-refractivity contribution in [1.29, 1.82) is 0 Å². The number of nitrogens with zero attached hydrogens (tertiary/aromatic N) is 4. The van der Waals surface area contributed by atoms with Crippen LogP contribution >= 0.6 is 0 Å². The van der Waals surface area contributed by atoms with Gasteiger partial charge in [0.25, 0.3) is 5.69 Å². The van der Waals surface area contributed by atoms with Crippen molar-refractivity contribution in [3.05, 3.63) is 101 Å². The Morgan fingerprint density at radius 3 is 2.42 bits per heavy atom. The smallest absolute Gasteiger partial charge is 0.269 e. The molecule has 0 unspecified atom stereocenters. The first-order valence-electron chi connectivity index (χ1n) is 9.54. The number of aromatic nitrogens is 3. The van der Waals surface area contributed by atoms with E-state index in [0.29, 0.717) is 40.5 Å². The maximum Gasteiger partial charge on any atom is 0.269 e. The van der Waals surface area contributed by atoms with Gasteiger partial charge >= 0.3 is 0 Å². The fourth-order valence-corrected chi connectivity index (χ4v) is 3.46. The highest BCUT2D eigenvalue weighted by atomic mass is 16.6. The van der Waals surface area contributed by atoms with Crippen LogP contribution in [0.2, 0.25) is 0 Å². The van der Waals surface area contributed by atoms with Crippen molar-refractivity contribution >= 4 is 11.3 Å². The van der Waals surface area contributed by atoms with E-state index in [4.69, 9.17) is 9.40 Å². The minimum Gasteiger partial charge on any atom is -0.493 e. The van der Waals surface area contributed by atoms with Crippen molar-refractivity contribution in [2.45, 2.75) is 6.42 Å². The monoisotopic (exact) mass is 412 g/mol. The molecular weight excluding hydrogens is 396 g/mol. The zero-order chi connectivity index (χ0) is 21.4. The third kappa shape index (κ3) is 3.40. The molecule has 0 saturated carbocycles. The third-order valence-corrected chi connectivity index (χ3v) is 4.99. The van der Waals surface area contributed by atoms with Gasteiger partial charge in [0.1, 0.15) is 17.1 Å². The van der Waals surface area contributed by atoms with Crippen LogP contribution in [-0.2, 0) is 6.42 Å². The van der Waals surface area contributed by atoms with Crippen LogP contribution in [0.25, 0.3) is 28.2 Å². The predicted octanol–water partition coefficient (Wildman–Crippen LogP) is 4.86. The zero-order valence-corrected chi connectivity index (χ0v) is 16.2. The Hall–Kier alpha value is -4.46. The maximum atomic E-state index is 11.0. The van der Waals surface area contributed by atoms with Gasteiger partial charge in [0, 0.05) is 29.5 Å². The molecule has 0 bridgehead atoms. The fraction of sp³-hybridized carbons (Fsp3) is 0.0435. The summed E-state index contributed by atoms with van der Waals surface area (Å²) in [6.07, 6.45) is 3.62. The van der Waals surface area contributed by atoms with Crippen molar-refractivity contribution in [3.63, 3.8) is 0 Å². The molecule has 0 aliphatic heterocycles. The molecule has 2 aromatic carbocycles. The van der Waals surface area contributed by atoms with E-state index in [1.54, 1.807) is 35.1 Å². The normalized spacial score (nSPS) is 11.1. The van der Waals surface area contributed by atoms with Gasteiger partial charge in [0.15, 0.2) is 5.65 Å². The number of rotatable bonds is 5. The van der Waals surface area contributed by atoms with Gasteiger partial charge < -0.3 is 9.52 Å². The van der Waals surface area contributed by atoms with Crippen LogP contribution in [0.3, 0.4) is 0 Å². The van der Waals surface area contributed by atoms with E-state index in [0.717, 1.165) is 5.56 Å². The molecule has 31 heavy (non-hydrogen) atoms. The van der Waals surface area contributed by atoms with Crippen LogP contribution in [0.5, 0.6) is 5.88 Å². The summed E-state index contributed by atoms with van der Waals surface area (Å²) in [5, 5.41) is 21.9. The number of hydrogen-bond acceptors (Lipinski definition) is 6. The van der Waals surface area contributed by atoms with Crippen LogP contribution < -0.4 is 0 Å². The Bertz CT molecular complexity index is 1380. The number of aromatic hydroxyl groups is 1. The Morgan fingerprint density at radius 2 is 1.74 bits per heavy atom. The second-order valence-electron chi connectivity index (χ2n) is 6.98. The summed E-state index contributed by atoms with van der Waals surface area (Å²) >= 11 is 0. The van der Waals surface area contributed by atoms with Crippen LogP contribution in [0.15, 0.2) is 83.6 Å². The number of non-ortho nitro benzene ring substituents is 1. The number of nitro benzene ring substituents is 1. The average molecular weight is 412 g/mol. The fourth-order valence-electron chi connectivity index (χ4n) is 3.46. The summed E-state index contributed by atoms with van der Waals surface area (Å²) in [5.74, 6) is 0.668. The predicted molar refractivity (Wildman–Crippen MR) is 114 cm³/mol. The van der Waals surface area contributed by atoms with E-state index in [9.17, 15) is 15.2 Å². The van der Waals surface area contributed by atoms with Gasteiger partial charge in [-0.05, 0) is 24.3 Å². The van der Waals surface area contributed by atoms with Gasteiger partial charge in [0.2, 0.25) is 5.88 Å². The second-order valence-corrected chi connectivity index (χ2v) is 6.98. The molecule has 0 fully saturated rings. The molecular formula is C23H16N4O4. The quantitative estimate of drug-likeness (QED) is 0.326. The van der Waals surface area contributed by atoms with Gasteiger partial charge in [-0.1, -0.05) is 30.3 Å². The Morgan fingerprint density at radius 1 is 0.968 bits per heavy atom. The minimum absolute atomic E-state index is 0.00542. The van der Waals surface area contributed by atoms with Crippen LogP contribution in [0.4, 0.5) is 5.69 Å². The number of imidazole rings is 1. The topological polar surface area (TPSA) is 107 Å². The lowest BCUT2D eigenvalue weighted by Gasteiger charge is -2.08. The van der Waals surface area contributed by atoms with E-state index in [-0.39, 0.29) is 11.6 Å². The van der Waals surface area contributed by atoms with Crippen molar-refractivity contribution in [2.75, 3.05) is 0 Å². The Labute approximate surface area is 176 Å². The molecule has 0 aliphatic rings. The number of fused-ring (bicyclic) bond motifs is 1. The minimum atomic E-state index is -0.448. The molecule has 0 saturated heterocycles. The molecule has 1 N–H and O–H groups in total. The van der Waals surface area contributed by atoms with E-state index >= 15 is 0 Å². The number of furan rings is 1. The van der Waals surface area contributed by atoms with Crippen molar-refractivity contribution in [1.82, 2.24) is 14.4 Å². The number of hydrogen-bond donors (Lipinski definition) is 1. The highest BCUT2D eigenvalue weighted by Gasteiger charge is 2.19. The van der Waals surface area contributed by atoms with Crippen molar-refractivity contribution in [2.24, 2.45) is 0 Å². The first-order valence-corrected chi connectivity index (χ1v) is 9.54. The molecule has 8 heteroatoms. The average Bonchev–Trinajstić information content (AvgIpc) is 3.42. The van der Waals surface area contributed by atoms with Gasteiger partial charge in [-0.15, -0.1) is 0 Å². The summed E-state index contributed by atoms with van der Waals surface area (Å²) in [4.78, 5) is 20.0. The van der Waals surface area contributed by atoms with Crippen molar-refractivity contribution in [3.8, 4) is 28.4 Å². The SMILES string of the molecule is O=[N+]([O-])c1ccc(-c2nc(-c3ccccc3)cn3c(O)c(Cc4ccco4)nc23)cc1. The lowest BCUT2D eigenvalue weighted by Crippen LogP contribution is -1.96. The summed E-state index contributed by atoms with van der Waals surface area (Å²) < 4.78 is 6.98. The lowest BCUT2D eigenvalue weighted by molar-refractivity contribution is -0.384. The standard InChI is InChI=1S/C23H16N4O4/c28-23-19(13-18-7-4-12-31-18)25-22-21(16-8-10-17(11-9-16)27(29)30)24-20(14-26(22)23)15-5-2-1-3-6-15/h1-12,14,28H,13H2. The summed E-state index contributed by atoms with van der Waals surface area (Å²) in [5.41, 5.74) is 3.56. The molecule has 5 aromatic rings.